The lowest BCUT2D eigenvalue weighted by atomic mass is 9.85. The molecular weight excluding hydrogens is 666 g/mol. The Morgan fingerprint density at radius 1 is 0.962 bits per heavy atom. The number of benzene rings is 4. The number of phenols is 1. The zero-order chi connectivity index (χ0) is 37.0. The van der Waals surface area contributed by atoms with Crippen LogP contribution >= 0.6 is 0 Å². The minimum absolute atomic E-state index is 0.0600. The molecule has 0 aliphatic heterocycles. The molecule has 2 heterocycles. The smallest absolute Gasteiger partial charge is 0.345 e. The number of hydrogen-bond acceptors (Lipinski definition) is 9. The molecule has 0 saturated carbocycles. The number of H-pyrrole nitrogens is 1. The van der Waals surface area contributed by atoms with Crippen molar-refractivity contribution in [1.29, 1.82) is 0 Å². The number of nitrogens with zero attached hydrogens (tertiary/aromatic N) is 2. The number of methoxy groups -OCH3 is 1. The van der Waals surface area contributed by atoms with Gasteiger partial charge in [0.05, 0.1) is 31.0 Å². The van der Waals surface area contributed by atoms with E-state index in [1.165, 1.54) is 19.2 Å². The number of aliphatic hydroxyl groups is 2. The van der Waals surface area contributed by atoms with Crippen molar-refractivity contribution in [3.8, 4) is 22.6 Å². The van der Waals surface area contributed by atoms with Gasteiger partial charge in [0.25, 0.3) is 5.91 Å². The van der Waals surface area contributed by atoms with Crippen LogP contribution in [0.15, 0.2) is 108 Å². The molecular formula is C39H37N5O8. The number of aromatic amines is 1. The first-order chi connectivity index (χ1) is 25.0. The van der Waals surface area contributed by atoms with Crippen LogP contribution in [-0.2, 0) is 30.5 Å². The molecule has 0 aliphatic carbocycles. The summed E-state index contributed by atoms with van der Waals surface area (Å²) in [6.45, 7) is 0.526. The predicted molar refractivity (Wildman–Crippen MR) is 193 cm³/mol. The van der Waals surface area contributed by atoms with Crippen molar-refractivity contribution in [3.05, 3.63) is 147 Å². The zero-order valence-corrected chi connectivity index (χ0v) is 28.3. The number of carbonyl (C=O) groups is 2. The average Bonchev–Trinajstić information content (AvgIpc) is 3.54. The second-order valence-electron chi connectivity index (χ2n) is 12.3. The van der Waals surface area contributed by atoms with E-state index in [-0.39, 0.29) is 46.9 Å². The number of aryl methyl sites for hydroxylation is 1. The van der Waals surface area contributed by atoms with E-state index < -0.39 is 17.7 Å². The van der Waals surface area contributed by atoms with E-state index >= 15 is 0 Å². The SMILES string of the molecule is COc1cc(C(=O)NCc2nn(C)cc2-c2cccc([C@](O)(C(=O)O)c3ccccc3)c2)ccc1CNC[C@H](O)c1ccc(O)c2[nH]c(=O)ccc12. The molecule has 7 N–H and O–H groups in total. The van der Waals surface area contributed by atoms with Crippen molar-refractivity contribution < 1.29 is 34.8 Å². The molecule has 6 aromatic rings. The summed E-state index contributed by atoms with van der Waals surface area (Å²) in [6.07, 6.45) is 0.812. The number of aliphatic carboxylic acids is 1. The third-order valence-corrected chi connectivity index (χ3v) is 8.88. The van der Waals surface area contributed by atoms with E-state index in [0.29, 0.717) is 45.6 Å². The molecule has 13 nitrogen and oxygen atoms in total. The fourth-order valence-corrected chi connectivity index (χ4v) is 6.21. The number of pyridine rings is 1. The summed E-state index contributed by atoms with van der Waals surface area (Å²) in [4.78, 5) is 40.0. The number of ether oxygens (including phenoxy) is 1. The molecule has 0 unspecified atom stereocenters. The quantitative estimate of drug-likeness (QED) is 0.0931. The summed E-state index contributed by atoms with van der Waals surface area (Å²) in [5, 5.41) is 53.6. The van der Waals surface area contributed by atoms with Gasteiger partial charge < -0.3 is 40.8 Å². The van der Waals surface area contributed by atoms with Gasteiger partial charge in [0.2, 0.25) is 11.2 Å². The van der Waals surface area contributed by atoms with Gasteiger partial charge in [0, 0.05) is 60.0 Å². The highest BCUT2D eigenvalue weighted by Gasteiger charge is 2.40. The number of carboxylic acid groups (broad SMARTS) is 1. The number of phenolic OH excluding ortho intramolecular Hbond substituents is 1. The number of nitrogens with one attached hydrogen (secondary N) is 3. The zero-order valence-electron chi connectivity index (χ0n) is 28.3. The second kappa shape index (κ2) is 14.9. The van der Waals surface area contributed by atoms with E-state index in [2.05, 4.69) is 20.7 Å². The maximum atomic E-state index is 13.3. The van der Waals surface area contributed by atoms with E-state index in [1.807, 2.05) is 0 Å². The van der Waals surface area contributed by atoms with Crippen LogP contribution in [0.1, 0.15) is 44.4 Å². The topological polar surface area (TPSA) is 199 Å². The molecule has 1 amide bonds. The molecule has 0 aliphatic rings. The molecule has 0 bridgehead atoms. The summed E-state index contributed by atoms with van der Waals surface area (Å²) in [7, 11) is 3.23. The van der Waals surface area contributed by atoms with E-state index in [4.69, 9.17) is 4.74 Å². The molecule has 2 aromatic heterocycles. The number of fused-ring (bicyclic) bond motifs is 1. The number of aromatic nitrogens is 3. The Kier molecular flexibility index (Phi) is 10.2. The maximum Gasteiger partial charge on any atom is 0.345 e. The highest BCUT2D eigenvalue weighted by Crippen LogP contribution is 2.34. The van der Waals surface area contributed by atoms with Crippen LogP contribution < -0.4 is 20.9 Å². The van der Waals surface area contributed by atoms with Gasteiger partial charge in [-0.2, -0.15) is 5.10 Å². The Morgan fingerprint density at radius 2 is 1.73 bits per heavy atom. The van der Waals surface area contributed by atoms with Crippen LogP contribution in [0.3, 0.4) is 0 Å². The largest absolute Gasteiger partial charge is 0.506 e. The predicted octanol–water partition coefficient (Wildman–Crippen LogP) is 3.72. The van der Waals surface area contributed by atoms with Crippen molar-refractivity contribution >= 4 is 22.8 Å². The highest BCUT2D eigenvalue weighted by molar-refractivity contribution is 5.95. The van der Waals surface area contributed by atoms with E-state index in [1.54, 1.807) is 103 Å². The monoisotopic (exact) mass is 703 g/mol. The van der Waals surface area contributed by atoms with Gasteiger partial charge in [-0.3, -0.25) is 14.3 Å². The van der Waals surface area contributed by atoms with E-state index in [9.17, 15) is 34.8 Å². The molecule has 6 rings (SSSR count). The normalized spacial score (nSPS) is 13.0. The van der Waals surface area contributed by atoms with Gasteiger partial charge in [0.1, 0.15) is 11.5 Å². The van der Waals surface area contributed by atoms with E-state index in [0.717, 1.165) is 5.56 Å². The molecule has 13 heteroatoms. The lowest BCUT2D eigenvalue weighted by molar-refractivity contribution is -0.155. The molecule has 4 aromatic carbocycles. The fraction of sp³-hybridized carbons (Fsp3) is 0.179. The Morgan fingerprint density at radius 3 is 2.48 bits per heavy atom. The van der Waals surface area contributed by atoms with Gasteiger partial charge in [-0.1, -0.05) is 60.7 Å². The first kappa shape index (κ1) is 35.5. The van der Waals surface area contributed by atoms with Crippen LogP contribution in [0.4, 0.5) is 0 Å². The Bertz CT molecular complexity index is 2320. The maximum absolute atomic E-state index is 13.3. The first-order valence-corrected chi connectivity index (χ1v) is 16.3. The van der Waals surface area contributed by atoms with Crippen molar-refractivity contribution in [3.63, 3.8) is 0 Å². The molecule has 0 radical (unpaired) electrons. The Labute approximate surface area is 297 Å². The lowest BCUT2D eigenvalue weighted by Crippen LogP contribution is -2.36. The summed E-state index contributed by atoms with van der Waals surface area (Å²) in [5.41, 5.74) is 1.42. The highest BCUT2D eigenvalue weighted by atomic mass is 16.5. The first-order valence-electron chi connectivity index (χ1n) is 16.3. The number of hydrogen-bond donors (Lipinski definition) is 7. The number of amides is 1. The van der Waals surface area contributed by atoms with Crippen molar-refractivity contribution in [1.82, 2.24) is 25.4 Å². The summed E-state index contributed by atoms with van der Waals surface area (Å²) in [5.74, 6) is -1.42. The molecule has 0 spiro atoms. The third-order valence-electron chi connectivity index (χ3n) is 8.88. The number of carbonyl (C=O) groups excluding carboxylic acids is 1. The number of carboxylic acids is 1. The minimum Gasteiger partial charge on any atom is -0.506 e. The molecule has 52 heavy (non-hydrogen) atoms. The van der Waals surface area contributed by atoms with Gasteiger partial charge >= 0.3 is 5.97 Å². The standard InChI is InChI=1S/C39H37N5O8/c1-44-22-30(23-7-6-10-27(17-23)39(51,38(49)50)26-8-4-3-5-9-26)31(43-44)20-41-37(48)24-11-12-25(34(18-24)52-2)19-40-21-33(46)28-13-15-32(45)36-29(28)14-16-35(47)42-36/h3-18,22,33,40,45-46,51H,19-21H2,1-2H3,(H,41,48)(H,42,47)(H,49,50)/t33-,39-/m0/s1. The van der Waals surface area contributed by atoms with Crippen LogP contribution in [0, 0.1) is 0 Å². The van der Waals surface area contributed by atoms with Gasteiger partial charge in [-0.25, -0.2) is 4.79 Å². The summed E-state index contributed by atoms with van der Waals surface area (Å²) in [6, 6.07) is 25.7. The fourth-order valence-electron chi connectivity index (χ4n) is 6.21. The van der Waals surface area contributed by atoms with Crippen molar-refractivity contribution in [2.45, 2.75) is 24.8 Å². The average molecular weight is 704 g/mol. The van der Waals surface area contributed by atoms with Crippen LogP contribution in [0.25, 0.3) is 22.0 Å². The second-order valence-corrected chi connectivity index (χ2v) is 12.3. The van der Waals surface area contributed by atoms with Crippen LogP contribution in [0.2, 0.25) is 0 Å². The number of aliphatic hydroxyl groups excluding tert-OH is 1. The van der Waals surface area contributed by atoms with Crippen molar-refractivity contribution in [2.24, 2.45) is 7.05 Å². The minimum atomic E-state index is -2.28. The van der Waals surface area contributed by atoms with Crippen LogP contribution in [-0.4, -0.2) is 60.7 Å². The Hall–Kier alpha value is -6.28. The molecule has 0 saturated heterocycles. The Balaban J connectivity index is 1.13. The molecule has 2 atom stereocenters. The number of aromatic hydroxyl groups is 1. The van der Waals surface area contributed by atoms with Gasteiger partial charge in [-0.15, -0.1) is 0 Å². The third kappa shape index (κ3) is 7.14. The lowest BCUT2D eigenvalue weighted by Gasteiger charge is -2.25. The molecule has 266 valence electrons. The van der Waals surface area contributed by atoms with Gasteiger partial charge in [-0.05, 0) is 47.0 Å². The summed E-state index contributed by atoms with van der Waals surface area (Å²) >= 11 is 0. The summed E-state index contributed by atoms with van der Waals surface area (Å²) < 4.78 is 7.16. The van der Waals surface area contributed by atoms with Crippen LogP contribution in [0.5, 0.6) is 11.5 Å². The van der Waals surface area contributed by atoms with Gasteiger partial charge in [0.15, 0.2) is 0 Å². The van der Waals surface area contributed by atoms with Crippen molar-refractivity contribution in [2.75, 3.05) is 13.7 Å². The molecule has 0 fully saturated rings. The number of rotatable bonds is 13.